The molecule has 1 aliphatic heterocycles. The van der Waals surface area contributed by atoms with Gasteiger partial charge in [0.25, 0.3) is 0 Å². The summed E-state index contributed by atoms with van der Waals surface area (Å²) in [5.74, 6) is -0.885. The molecule has 0 bridgehead atoms. The van der Waals surface area contributed by atoms with Crippen molar-refractivity contribution in [1.82, 2.24) is 9.88 Å². The van der Waals surface area contributed by atoms with Crippen molar-refractivity contribution < 1.29 is 8.78 Å². The van der Waals surface area contributed by atoms with Crippen molar-refractivity contribution in [2.45, 2.75) is 32.2 Å². The fourth-order valence-electron chi connectivity index (χ4n) is 3.12. The Morgan fingerprint density at radius 2 is 2.18 bits per heavy atom. The second-order valence-electron chi connectivity index (χ2n) is 5.96. The summed E-state index contributed by atoms with van der Waals surface area (Å²) in [7, 11) is 0. The van der Waals surface area contributed by atoms with Gasteiger partial charge in [0.15, 0.2) is 11.6 Å². The van der Waals surface area contributed by atoms with Crippen molar-refractivity contribution in [3.8, 4) is 0 Å². The fraction of sp³-hybridized carbons (Fsp3) is 0.471. The summed E-state index contributed by atoms with van der Waals surface area (Å²) in [5, 5.41) is 3.18. The molecular weight excluding hydrogens is 302 g/mol. The van der Waals surface area contributed by atoms with Crippen LogP contribution in [0.3, 0.4) is 0 Å². The molecule has 0 radical (unpaired) electrons. The zero-order chi connectivity index (χ0) is 15.4. The van der Waals surface area contributed by atoms with E-state index in [1.54, 1.807) is 17.4 Å². The van der Waals surface area contributed by atoms with E-state index >= 15 is 0 Å². The lowest BCUT2D eigenvalue weighted by Gasteiger charge is -2.32. The van der Waals surface area contributed by atoms with Gasteiger partial charge in [-0.25, -0.2) is 13.8 Å². The quantitative estimate of drug-likeness (QED) is 0.817. The molecule has 1 aliphatic rings. The van der Waals surface area contributed by atoms with Crippen LogP contribution in [0.15, 0.2) is 29.8 Å². The lowest BCUT2D eigenvalue weighted by atomic mass is 9.91. The van der Waals surface area contributed by atoms with Crippen LogP contribution in [0.4, 0.5) is 8.78 Å². The average molecular weight is 322 g/mol. The van der Waals surface area contributed by atoms with Gasteiger partial charge in [-0.05, 0) is 55.8 Å². The van der Waals surface area contributed by atoms with Crippen LogP contribution in [0.1, 0.15) is 29.8 Å². The van der Waals surface area contributed by atoms with Crippen LogP contribution in [-0.2, 0) is 13.0 Å². The van der Waals surface area contributed by atoms with Crippen molar-refractivity contribution in [1.29, 1.82) is 0 Å². The molecule has 1 aromatic heterocycles. The van der Waals surface area contributed by atoms with Crippen LogP contribution in [0.25, 0.3) is 0 Å². The molecule has 5 heteroatoms. The van der Waals surface area contributed by atoms with Crippen molar-refractivity contribution in [2.24, 2.45) is 5.92 Å². The zero-order valence-electron chi connectivity index (χ0n) is 12.5. The number of likely N-dealkylation sites (tertiary alicyclic amines) is 1. The summed E-state index contributed by atoms with van der Waals surface area (Å²) in [6.07, 6.45) is 6.11. The minimum atomic E-state index is -0.768. The Labute approximate surface area is 133 Å². The molecule has 0 amide bonds. The second-order valence-corrected chi connectivity index (χ2v) is 6.94. The van der Waals surface area contributed by atoms with Gasteiger partial charge in [-0.3, -0.25) is 4.90 Å². The summed E-state index contributed by atoms with van der Waals surface area (Å²) in [6, 6.07) is 4.24. The van der Waals surface area contributed by atoms with Crippen LogP contribution in [0.5, 0.6) is 0 Å². The number of thiazole rings is 1. The molecular formula is C17H20F2N2S. The lowest BCUT2D eigenvalue weighted by Crippen LogP contribution is -2.35. The molecule has 118 valence electrons. The second kappa shape index (κ2) is 7.29. The number of halogens is 2. The molecule has 22 heavy (non-hydrogen) atoms. The standard InChI is InChI=1S/C17H20F2N2S/c18-15-6-5-13(10-16(15)19)3-4-14-2-1-8-21(11-14)12-17-20-7-9-22-17/h5-7,9-10,14H,1-4,8,11-12H2/t14-/m1/s1. The van der Waals surface area contributed by atoms with E-state index < -0.39 is 11.6 Å². The van der Waals surface area contributed by atoms with E-state index in [1.165, 1.54) is 30.0 Å². The maximum absolute atomic E-state index is 13.2. The Balaban J connectivity index is 1.50. The first-order valence-corrected chi connectivity index (χ1v) is 8.63. The molecule has 1 saturated heterocycles. The van der Waals surface area contributed by atoms with Crippen molar-refractivity contribution in [3.05, 3.63) is 52.0 Å². The normalized spacial score (nSPS) is 19.5. The first kappa shape index (κ1) is 15.6. The van der Waals surface area contributed by atoms with Crippen molar-refractivity contribution in [2.75, 3.05) is 13.1 Å². The Morgan fingerprint density at radius 3 is 2.95 bits per heavy atom. The molecule has 1 fully saturated rings. The monoisotopic (exact) mass is 322 g/mol. The number of nitrogens with zero attached hydrogens (tertiary/aromatic N) is 2. The highest BCUT2D eigenvalue weighted by molar-refractivity contribution is 7.09. The van der Waals surface area contributed by atoms with Gasteiger partial charge in [-0.2, -0.15) is 0 Å². The van der Waals surface area contributed by atoms with Crippen molar-refractivity contribution in [3.63, 3.8) is 0 Å². The number of aromatic nitrogens is 1. The average Bonchev–Trinajstić information content (AvgIpc) is 3.02. The van der Waals surface area contributed by atoms with Gasteiger partial charge >= 0.3 is 0 Å². The van der Waals surface area contributed by atoms with E-state index in [4.69, 9.17) is 0 Å². The van der Waals surface area contributed by atoms with E-state index in [0.717, 1.165) is 38.0 Å². The highest BCUT2D eigenvalue weighted by atomic mass is 32.1. The van der Waals surface area contributed by atoms with E-state index in [1.807, 2.05) is 11.6 Å². The third-order valence-electron chi connectivity index (χ3n) is 4.27. The minimum Gasteiger partial charge on any atom is -0.296 e. The maximum atomic E-state index is 13.2. The molecule has 0 N–H and O–H groups in total. The fourth-order valence-corrected chi connectivity index (χ4v) is 3.78. The molecule has 2 heterocycles. The Morgan fingerprint density at radius 1 is 1.27 bits per heavy atom. The van der Waals surface area contributed by atoms with E-state index in [0.29, 0.717) is 5.92 Å². The van der Waals surface area contributed by atoms with Crippen LogP contribution in [0, 0.1) is 17.6 Å². The molecule has 0 unspecified atom stereocenters. The van der Waals surface area contributed by atoms with Crippen LogP contribution in [0.2, 0.25) is 0 Å². The molecule has 0 saturated carbocycles. The van der Waals surface area contributed by atoms with E-state index in [2.05, 4.69) is 9.88 Å². The maximum Gasteiger partial charge on any atom is 0.159 e. The van der Waals surface area contributed by atoms with Gasteiger partial charge in [0, 0.05) is 18.1 Å². The number of hydrogen-bond acceptors (Lipinski definition) is 3. The summed E-state index contributed by atoms with van der Waals surface area (Å²) in [5.41, 5.74) is 0.885. The molecule has 0 spiro atoms. The van der Waals surface area contributed by atoms with Crippen LogP contribution < -0.4 is 0 Å². The highest BCUT2D eigenvalue weighted by Gasteiger charge is 2.20. The number of aryl methyl sites for hydroxylation is 1. The summed E-state index contributed by atoms with van der Waals surface area (Å²) >= 11 is 1.70. The van der Waals surface area contributed by atoms with Gasteiger partial charge in [0.1, 0.15) is 5.01 Å². The predicted molar refractivity (Wildman–Crippen MR) is 84.8 cm³/mol. The first-order chi connectivity index (χ1) is 10.7. The lowest BCUT2D eigenvalue weighted by molar-refractivity contribution is 0.161. The highest BCUT2D eigenvalue weighted by Crippen LogP contribution is 2.23. The van der Waals surface area contributed by atoms with Crippen LogP contribution >= 0.6 is 11.3 Å². The van der Waals surface area contributed by atoms with Crippen LogP contribution in [-0.4, -0.2) is 23.0 Å². The zero-order valence-corrected chi connectivity index (χ0v) is 13.3. The number of piperidine rings is 1. The summed E-state index contributed by atoms with van der Waals surface area (Å²) in [4.78, 5) is 6.80. The van der Waals surface area contributed by atoms with Gasteiger partial charge in [-0.15, -0.1) is 11.3 Å². The SMILES string of the molecule is Fc1ccc(CC[C@H]2CCCN(Cc3nccs3)C2)cc1F. The minimum absolute atomic E-state index is 0.627. The topological polar surface area (TPSA) is 16.1 Å². The van der Waals surface area contributed by atoms with E-state index in [9.17, 15) is 8.78 Å². The Hall–Kier alpha value is -1.33. The predicted octanol–water partition coefficient (Wildman–Crippen LogP) is 4.27. The first-order valence-electron chi connectivity index (χ1n) is 7.75. The third kappa shape index (κ3) is 4.11. The van der Waals surface area contributed by atoms with Gasteiger partial charge in [0.2, 0.25) is 0 Å². The smallest absolute Gasteiger partial charge is 0.159 e. The number of hydrogen-bond donors (Lipinski definition) is 0. The van der Waals surface area contributed by atoms with Crippen molar-refractivity contribution >= 4 is 11.3 Å². The van der Waals surface area contributed by atoms with Gasteiger partial charge < -0.3 is 0 Å². The number of rotatable bonds is 5. The Kier molecular flexibility index (Phi) is 5.16. The van der Waals surface area contributed by atoms with Gasteiger partial charge in [-0.1, -0.05) is 6.07 Å². The summed E-state index contributed by atoms with van der Waals surface area (Å²) < 4.78 is 26.2. The molecule has 0 aliphatic carbocycles. The largest absolute Gasteiger partial charge is 0.296 e. The Bertz CT molecular complexity index is 601. The van der Waals surface area contributed by atoms with E-state index in [-0.39, 0.29) is 0 Å². The molecule has 3 rings (SSSR count). The molecule has 1 aromatic carbocycles. The molecule has 2 aromatic rings. The third-order valence-corrected chi connectivity index (χ3v) is 5.04. The molecule has 2 nitrogen and oxygen atoms in total. The number of benzene rings is 1. The summed E-state index contributed by atoms with van der Waals surface area (Å²) in [6.45, 7) is 3.13. The van der Waals surface area contributed by atoms with Gasteiger partial charge in [0.05, 0.1) is 6.54 Å². The molecule has 1 atom stereocenters.